The van der Waals surface area contributed by atoms with Crippen molar-refractivity contribution >= 4 is 18.1 Å². The fourth-order valence-corrected chi connectivity index (χ4v) is 1.39. The summed E-state index contributed by atoms with van der Waals surface area (Å²) in [6, 6.07) is 1.66. The highest BCUT2D eigenvalue weighted by atomic mass is 16.6. The Labute approximate surface area is 118 Å². The number of hydrogen-bond acceptors (Lipinski definition) is 4. The number of ether oxygens (including phenoxy) is 2. The Morgan fingerprint density at radius 1 is 1.40 bits per heavy atom. The monoisotopic (exact) mass is 280 g/mol. The van der Waals surface area contributed by atoms with Crippen molar-refractivity contribution in [2.24, 2.45) is 0 Å². The second kappa shape index (κ2) is 6.79. The lowest BCUT2D eigenvalue weighted by molar-refractivity contribution is 0.0532. The summed E-state index contributed by atoms with van der Waals surface area (Å²) < 4.78 is 9.67. The van der Waals surface area contributed by atoms with E-state index in [1.54, 1.807) is 45.2 Å². The Morgan fingerprint density at radius 3 is 2.70 bits per heavy atom. The smallest absolute Gasteiger partial charge is 0.407 e. The number of aromatic amines is 1. The van der Waals surface area contributed by atoms with Crippen molar-refractivity contribution in [3.05, 3.63) is 29.6 Å². The molecule has 0 spiro atoms. The van der Waals surface area contributed by atoms with Crippen molar-refractivity contribution in [3.63, 3.8) is 0 Å². The van der Waals surface area contributed by atoms with Crippen molar-refractivity contribution in [2.75, 3.05) is 13.7 Å². The van der Waals surface area contributed by atoms with Gasteiger partial charge >= 0.3 is 12.1 Å². The molecule has 1 aromatic rings. The normalized spacial score (nSPS) is 11.4. The summed E-state index contributed by atoms with van der Waals surface area (Å²) in [7, 11) is 1.32. The van der Waals surface area contributed by atoms with E-state index in [0.717, 1.165) is 5.56 Å². The first kappa shape index (κ1) is 15.8. The number of methoxy groups -OCH3 is 1. The van der Waals surface area contributed by atoms with Crippen LogP contribution in [-0.4, -0.2) is 36.3 Å². The summed E-state index contributed by atoms with van der Waals surface area (Å²) in [4.78, 5) is 25.4. The Balaban J connectivity index is 2.40. The molecule has 1 aromatic heterocycles. The van der Waals surface area contributed by atoms with Gasteiger partial charge in [0.25, 0.3) is 0 Å². The molecule has 6 heteroatoms. The molecule has 0 aliphatic rings. The minimum atomic E-state index is -0.510. The average molecular weight is 280 g/mol. The van der Waals surface area contributed by atoms with Gasteiger partial charge in [-0.05, 0) is 32.4 Å². The van der Waals surface area contributed by atoms with Gasteiger partial charge in [-0.3, -0.25) is 0 Å². The van der Waals surface area contributed by atoms with Crippen LogP contribution in [0.15, 0.2) is 18.3 Å². The van der Waals surface area contributed by atoms with E-state index in [1.807, 2.05) is 0 Å². The van der Waals surface area contributed by atoms with Gasteiger partial charge in [0.1, 0.15) is 11.3 Å². The molecule has 0 saturated heterocycles. The average Bonchev–Trinajstić information content (AvgIpc) is 2.80. The summed E-state index contributed by atoms with van der Waals surface area (Å²) in [6.07, 6.45) is 4.75. The van der Waals surface area contributed by atoms with Gasteiger partial charge in [-0.2, -0.15) is 0 Å². The molecular formula is C14H20N2O4. The van der Waals surface area contributed by atoms with Gasteiger partial charge in [-0.15, -0.1) is 0 Å². The minimum Gasteiger partial charge on any atom is -0.464 e. The molecule has 0 saturated carbocycles. The van der Waals surface area contributed by atoms with Crippen LogP contribution in [-0.2, 0) is 9.47 Å². The van der Waals surface area contributed by atoms with E-state index in [-0.39, 0.29) is 0 Å². The van der Waals surface area contributed by atoms with E-state index in [1.165, 1.54) is 7.11 Å². The minimum absolute atomic E-state index is 0.341. The van der Waals surface area contributed by atoms with E-state index in [2.05, 4.69) is 15.0 Å². The van der Waals surface area contributed by atoms with Gasteiger partial charge in [0.2, 0.25) is 0 Å². The zero-order valence-corrected chi connectivity index (χ0v) is 12.1. The number of amides is 1. The maximum absolute atomic E-state index is 11.4. The van der Waals surface area contributed by atoms with Crippen molar-refractivity contribution in [1.29, 1.82) is 0 Å². The second-order valence-electron chi connectivity index (χ2n) is 5.12. The third kappa shape index (κ3) is 5.60. The Bertz CT molecular complexity index is 498. The molecular weight excluding hydrogens is 260 g/mol. The molecule has 0 atom stereocenters. The fourth-order valence-electron chi connectivity index (χ4n) is 1.39. The number of rotatable bonds is 4. The first-order valence-electron chi connectivity index (χ1n) is 6.22. The van der Waals surface area contributed by atoms with Crippen molar-refractivity contribution < 1.29 is 19.1 Å². The van der Waals surface area contributed by atoms with Crippen LogP contribution in [0.1, 0.15) is 36.8 Å². The highest BCUT2D eigenvalue weighted by Gasteiger charge is 2.15. The van der Waals surface area contributed by atoms with Crippen LogP contribution in [0.25, 0.3) is 6.08 Å². The molecule has 1 heterocycles. The zero-order chi connectivity index (χ0) is 15.2. The van der Waals surface area contributed by atoms with Gasteiger partial charge in [-0.25, -0.2) is 9.59 Å². The largest absolute Gasteiger partial charge is 0.464 e. The van der Waals surface area contributed by atoms with E-state index in [4.69, 9.17) is 4.74 Å². The SMILES string of the molecule is COC(=O)c1cc(C=CCNC(=O)OC(C)(C)C)c[nH]1. The third-order valence-corrected chi connectivity index (χ3v) is 2.18. The van der Waals surface area contributed by atoms with Crippen LogP contribution < -0.4 is 5.32 Å². The molecule has 0 fully saturated rings. The number of carbonyl (C=O) groups is 2. The summed E-state index contributed by atoms with van der Waals surface area (Å²) >= 11 is 0. The number of nitrogens with one attached hydrogen (secondary N) is 2. The van der Waals surface area contributed by atoms with E-state index in [9.17, 15) is 9.59 Å². The van der Waals surface area contributed by atoms with Crippen LogP contribution in [0, 0.1) is 0 Å². The number of carbonyl (C=O) groups excluding carboxylic acids is 2. The second-order valence-corrected chi connectivity index (χ2v) is 5.12. The zero-order valence-electron chi connectivity index (χ0n) is 12.1. The molecule has 0 aliphatic heterocycles. The van der Waals surface area contributed by atoms with Crippen LogP contribution in [0.4, 0.5) is 4.79 Å². The molecule has 1 rings (SSSR count). The van der Waals surface area contributed by atoms with Crippen LogP contribution in [0.2, 0.25) is 0 Å². The number of H-pyrrole nitrogens is 1. The van der Waals surface area contributed by atoms with Gasteiger partial charge in [0, 0.05) is 12.7 Å². The van der Waals surface area contributed by atoms with Crippen molar-refractivity contribution in [3.8, 4) is 0 Å². The van der Waals surface area contributed by atoms with Crippen LogP contribution in [0.5, 0.6) is 0 Å². The van der Waals surface area contributed by atoms with E-state index in [0.29, 0.717) is 12.2 Å². The summed E-state index contributed by atoms with van der Waals surface area (Å²) in [6.45, 7) is 5.75. The van der Waals surface area contributed by atoms with Gasteiger partial charge in [0.15, 0.2) is 0 Å². The lowest BCUT2D eigenvalue weighted by atomic mass is 10.2. The summed E-state index contributed by atoms with van der Waals surface area (Å²) in [5.41, 5.74) is 0.688. The summed E-state index contributed by atoms with van der Waals surface area (Å²) in [5, 5.41) is 2.60. The first-order valence-corrected chi connectivity index (χ1v) is 6.22. The third-order valence-electron chi connectivity index (χ3n) is 2.18. The Morgan fingerprint density at radius 2 is 2.10 bits per heavy atom. The molecule has 1 amide bonds. The van der Waals surface area contributed by atoms with E-state index < -0.39 is 17.7 Å². The molecule has 6 nitrogen and oxygen atoms in total. The van der Waals surface area contributed by atoms with Gasteiger partial charge < -0.3 is 19.8 Å². The summed E-state index contributed by atoms with van der Waals surface area (Å²) in [5.74, 6) is -0.420. The fraction of sp³-hybridized carbons (Fsp3) is 0.429. The number of esters is 1. The highest BCUT2D eigenvalue weighted by molar-refractivity contribution is 5.88. The first-order chi connectivity index (χ1) is 9.31. The predicted octanol–water partition coefficient (Wildman–Crippen LogP) is 2.34. The Hall–Kier alpha value is -2.24. The van der Waals surface area contributed by atoms with Crippen molar-refractivity contribution in [1.82, 2.24) is 10.3 Å². The van der Waals surface area contributed by atoms with Gasteiger partial charge in [-0.1, -0.05) is 12.2 Å². The van der Waals surface area contributed by atoms with Gasteiger partial charge in [0.05, 0.1) is 7.11 Å². The standard InChI is InChI=1S/C14H20N2O4/c1-14(2,3)20-13(18)15-7-5-6-10-8-11(16-9-10)12(17)19-4/h5-6,8-9,16H,7H2,1-4H3,(H,15,18). The molecule has 0 aliphatic carbocycles. The number of alkyl carbamates (subject to hydrolysis) is 1. The van der Waals surface area contributed by atoms with Crippen LogP contribution >= 0.6 is 0 Å². The lowest BCUT2D eigenvalue weighted by Gasteiger charge is -2.19. The number of aromatic nitrogens is 1. The van der Waals surface area contributed by atoms with E-state index >= 15 is 0 Å². The molecule has 0 aromatic carbocycles. The molecule has 20 heavy (non-hydrogen) atoms. The topological polar surface area (TPSA) is 80.4 Å². The maximum Gasteiger partial charge on any atom is 0.407 e. The lowest BCUT2D eigenvalue weighted by Crippen LogP contribution is -2.32. The molecule has 0 bridgehead atoms. The highest BCUT2D eigenvalue weighted by Crippen LogP contribution is 2.07. The Kier molecular flexibility index (Phi) is 5.37. The van der Waals surface area contributed by atoms with Crippen molar-refractivity contribution in [2.45, 2.75) is 26.4 Å². The molecule has 2 N–H and O–H groups in total. The molecule has 0 radical (unpaired) electrons. The van der Waals surface area contributed by atoms with Crippen LogP contribution in [0.3, 0.4) is 0 Å². The predicted molar refractivity (Wildman–Crippen MR) is 75.4 cm³/mol. The number of hydrogen-bond donors (Lipinski definition) is 2. The molecule has 0 unspecified atom stereocenters. The maximum atomic E-state index is 11.4. The quantitative estimate of drug-likeness (QED) is 0.829. The molecule has 110 valence electrons.